The number of benzene rings is 3. The van der Waals surface area contributed by atoms with Gasteiger partial charge >= 0.3 is 0 Å². The molecule has 0 saturated heterocycles. The van der Waals surface area contributed by atoms with Gasteiger partial charge in [-0.25, -0.2) is 0 Å². The SMILES string of the molecule is CCCCCCCCCCCCOc1ccc([N+](CCCCCCCC)=C2C=CC(=C3C(=O)C(c4ccc(N(CC(C)=O)c5ccccc5)cc4)=C3O)C=C2)cc1. The van der Waals surface area contributed by atoms with E-state index < -0.39 is 0 Å². The molecular formula is C51H65N2O4+. The van der Waals surface area contributed by atoms with E-state index in [9.17, 15) is 14.7 Å². The molecule has 2 aliphatic rings. The third-order valence-corrected chi connectivity index (χ3v) is 11.0. The molecule has 2 aliphatic carbocycles. The summed E-state index contributed by atoms with van der Waals surface area (Å²) in [5.74, 6) is 0.794. The Morgan fingerprint density at radius 2 is 1.18 bits per heavy atom. The summed E-state index contributed by atoms with van der Waals surface area (Å²) in [5, 5.41) is 11.2. The number of hydrogen-bond donors (Lipinski definition) is 1. The topological polar surface area (TPSA) is 69.9 Å². The molecule has 0 aliphatic heterocycles. The standard InChI is InChI=1S/C51H64N2O4/c1-4-6-8-10-12-13-14-15-17-22-38-57-47-35-33-45(34-36-47)52(37-21-16-11-9-7-5-2)44-29-25-41(26-30-44)48-50(55)49(51(48)56)42-27-31-46(32-28-42)53(39-40(3)54)43-23-19-18-20-24-43/h18-20,23-36H,4-17,21-22,37-39H2,1-3H3/p+1. The zero-order valence-electron chi connectivity index (χ0n) is 34.8. The molecule has 3 aromatic rings. The first kappa shape index (κ1) is 43.2. The molecule has 0 amide bonds. The fraction of sp³-hybridized carbons (Fsp3) is 0.431. The number of aliphatic hydroxyl groups is 1. The molecule has 57 heavy (non-hydrogen) atoms. The van der Waals surface area contributed by atoms with E-state index in [1.165, 1.54) is 89.9 Å². The van der Waals surface area contributed by atoms with Crippen LogP contribution in [0.1, 0.15) is 129 Å². The zero-order valence-corrected chi connectivity index (χ0v) is 34.8. The smallest absolute Gasteiger partial charge is 0.205 e. The molecule has 302 valence electrons. The maximum Gasteiger partial charge on any atom is 0.205 e. The molecule has 5 rings (SSSR count). The number of carbonyl (C=O) groups is 2. The van der Waals surface area contributed by atoms with E-state index in [4.69, 9.17) is 4.74 Å². The maximum atomic E-state index is 13.5. The van der Waals surface area contributed by atoms with Crippen molar-refractivity contribution in [1.82, 2.24) is 0 Å². The largest absolute Gasteiger partial charge is 0.506 e. The molecule has 0 saturated carbocycles. The van der Waals surface area contributed by atoms with Crippen LogP contribution in [0.5, 0.6) is 5.75 Å². The van der Waals surface area contributed by atoms with E-state index in [0.717, 1.165) is 54.5 Å². The second kappa shape index (κ2) is 23.3. The number of ketones is 2. The molecule has 0 unspecified atom stereocenters. The van der Waals surface area contributed by atoms with E-state index in [1.54, 1.807) is 6.92 Å². The number of Topliss-reactive ketones (excluding diaryl/α,β-unsaturated/α-hetero) is 2. The number of hydrogen-bond acceptors (Lipinski definition) is 5. The van der Waals surface area contributed by atoms with Gasteiger partial charge in [-0.2, -0.15) is 4.58 Å². The summed E-state index contributed by atoms with van der Waals surface area (Å²) in [5.41, 5.74) is 5.92. The lowest BCUT2D eigenvalue weighted by atomic mass is 9.80. The third-order valence-electron chi connectivity index (χ3n) is 11.0. The van der Waals surface area contributed by atoms with Crippen molar-refractivity contribution in [2.75, 3.05) is 24.6 Å². The van der Waals surface area contributed by atoms with E-state index in [1.807, 2.05) is 71.6 Å². The summed E-state index contributed by atoms with van der Waals surface area (Å²) < 4.78 is 8.47. The van der Waals surface area contributed by atoms with Gasteiger partial charge in [-0.3, -0.25) is 9.59 Å². The third kappa shape index (κ3) is 12.8. The fourth-order valence-electron chi connectivity index (χ4n) is 7.68. The minimum atomic E-state index is -0.172. The van der Waals surface area contributed by atoms with Gasteiger partial charge in [0.2, 0.25) is 17.2 Å². The summed E-state index contributed by atoms with van der Waals surface area (Å²) in [7, 11) is 0. The van der Waals surface area contributed by atoms with Gasteiger partial charge in [0.25, 0.3) is 0 Å². The second-order valence-corrected chi connectivity index (χ2v) is 15.6. The van der Waals surface area contributed by atoms with E-state index >= 15 is 0 Å². The zero-order chi connectivity index (χ0) is 40.2. The summed E-state index contributed by atoms with van der Waals surface area (Å²) in [6, 6.07) is 25.7. The quantitative estimate of drug-likeness (QED) is 0.0528. The highest BCUT2D eigenvalue weighted by molar-refractivity contribution is 6.39. The Kier molecular flexibility index (Phi) is 17.6. The number of carbonyl (C=O) groups excluding carboxylic acids is 2. The van der Waals surface area contributed by atoms with Gasteiger partial charge in [0.05, 0.1) is 24.3 Å². The molecule has 0 heterocycles. The number of ether oxygens (including phenoxy) is 1. The molecule has 0 fully saturated rings. The minimum Gasteiger partial charge on any atom is -0.506 e. The van der Waals surface area contributed by atoms with Crippen molar-refractivity contribution in [1.29, 1.82) is 0 Å². The Hall–Kier alpha value is -4.97. The van der Waals surface area contributed by atoms with Gasteiger partial charge in [-0.15, -0.1) is 0 Å². The summed E-state index contributed by atoms with van der Waals surface area (Å²) >= 11 is 0. The van der Waals surface area contributed by atoms with Crippen molar-refractivity contribution in [2.24, 2.45) is 0 Å². The summed E-state index contributed by atoms with van der Waals surface area (Å²) in [6.07, 6.45) is 28.4. The number of aliphatic hydroxyl groups excluding tert-OH is 1. The summed E-state index contributed by atoms with van der Waals surface area (Å²) in [4.78, 5) is 27.6. The first-order valence-electron chi connectivity index (χ1n) is 21.8. The predicted octanol–water partition coefficient (Wildman–Crippen LogP) is 13.1. The lowest BCUT2D eigenvalue weighted by Gasteiger charge is -2.26. The first-order valence-corrected chi connectivity index (χ1v) is 21.8. The van der Waals surface area contributed by atoms with Crippen molar-refractivity contribution in [3.05, 3.63) is 126 Å². The molecule has 3 aromatic carbocycles. The van der Waals surface area contributed by atoms with E-state index in [-0.39, 0.29) is 23.9 Å². The van der Waals surface area contributed by atoms with Crippen LogP contribution < -0.4 is 9.64 Å². The maximum absolute atomic E-state index is 13.5. The predicted molar refractivity (Wildman–Crippen MR) is 237 cm³/mol. The number of para-hydroxylation sites is 1. The van der Waals surface area contributed by atoms with Crippen LogP contribution in [0.2, 0.25) is 0 Å². The van der Waals surface area contributed by atoms with Gasteiger partial charge in [0, 0.05) is 42.1 Å². The average Bonchev–Trinajstić information content (AvgIpc) is 3.23. The van der Waals surface area contributed by atoms with Crippen LogP contribution in [0.15, 0.2) is 120 Å². The van der Waals surface area contributed by atoms with Gasteiger partial charge in [0.15, 0.2) is 0 Å². The lowest BCUT2D eigenvalue weighted by Crippen LogP contribution is -2.24. The molecule has 1 N–H and O–H groups in total. The molecule has 0 aromatic heterocycles. The fourth-order valence-corrected chi connectivity index (χ4v) is 7.68. The molecule has 0 atom stereocenters. The van der Waals surface area contributed by atoms with Crippen LogP contribution >= 0.6 is 0 Å². The number of rotatable bonds is 25. The van der Waals surface area contributed by atoms with Crippen LogP contribution in [0, 0.1) is 0 Å². The Morgan fingerprint density at radius 3 is 1.74 bits per heavy atom. The van der Waals surface area contributed by atoms with Crippen LogP contribution in [-0.2, 0) is 9.59 Å². The van der Waals surface area contributed by atoms with Crippen molar-refractivity contribution in [2.45, 2.75) is 124 Å². The Balaban J connectivity index is 1.23. The Morgan fingerprint density at radius 1 is 0.632 bits per heavy atom. The highest BCUT2D eigenvalue weighted by atomic mass is 16.5. The monoisotopic (exact) mass is 769 g/mol. The normalized spacial score (nSPS) is 13.7. The van der Waals surface area contributed by atoms with Crippen LogP contribution in [-0.4, -0.2) is 46.7 Å². The Bertz CT molecular complexity index is 1880. The van der Waals surface area contributed by atoms with Gasteiger partial charge in [0.1, 0.15) is 23.8 Å². The minimum absolute atomic E-state index is 0.0153. The van der Waals surface area contributed by atoms with Crippen molar-refractivity contribution >= 4 is 39.9 Å². The molecule has 0 radical (unpaired) electrons. The molecule has 6 nitrogen and oxygen atoms in total. The Labute approximate surface area is 342 Å². The van der Waals surface area contributed by atoms with E-state index in [2.05, 4.69) is 54.8 Å². The van der Waals surface area contributed by atoms with Crippen LogP contribution in [0.3, 0.4) is 0 Å². The van der Waals surface area contributed by atoms with Crippen molar-refractivity contribution in [3.8, 4) is 5.75 Å². The van der Waals surface area contributed by atoms with Gasteiger partial charge in [-0.05, 0) is 79.5 Å². The molecular weight excluding hydrogens is 705 g/mol. The summed E-state index contributed by atoms with van der Waals surface area (Å²) in [6.45, 7) is 7.97. The number of anilines is 2. The number of allylic oxidation sites excluding steroid dienone is 7. The van der Waals surface area contributed by atoms with Crippen LogP contribution in [0.4, 0.5) is 17.1 Å². The molecule has 0 bridgehead atoms. The van der Waals surface area contributed by atoms with Gasteiger partial charge < -0.3 is 14.7 Å². The first-order chi connectivity index (χ1) is 27.9. The number of nitrogens with zero attached hydrogens (tertiary/aromatic N) is 2. The lowest BCUT2D eigenvalue weighted by molar-refractivity contribution is -0.439. The van der Waals surface area contributed by atoms with E-state index in [0.29, 0.717) is 22.3 Å². The highest BCUT2D eigenvalue weighted by Gasteiger charge is 2.36. The molecule has 6 heteroatoms. The highest BCUT2D eigenvalue weighted by Crippen LogP contribution is 2.40. The van der Waals surface area contributed by atoms with Crippen molar-refractivity contribution in [3.63, 3.8) is 0 Å². The van der Waals surface area contributed by atoms with Crippen molar-refractivity contribution < 1.29 is 24.0 Å². The average molecular weight is 770 g/mol. The number of unbranched alkanes of at least 4 members (excludes halogenated alkanes) is 14. The van der Waals surface area contributed by atoms with Crippen LogP contribution in [0.25, 0.3) is 5.57 Å². The second-order valence-electron chi connectivity index (χ2n) is 15.6. The van der Waals surface area contributed by atoms with Gasteiger partial charge in [-0.1, -0.05) is 128 Å². The molecule has 0 spiro atoms.